The average molecular weight is 501 g/mol. The van der Waals surface area contributed by atoms with Gasteiger partial charge in [0.2, 0.25) is 0 Å². The van der Waals surface area contributed by atoms with E-state index in [0.29, 0.717) is 12.3 Å². The molecular weight excluding hydrogens is 483 g/mol. The van der Waals surface area contributed by atoms with Crippen LogP contribution in [0.5, 0.6) is 11.5 Å². The first-order valence-corrected chi connectivity index (χ1v) is 10.8. The maximum absolute atomic E-state index is 12.3. The fraction of sp³-hybridized carbons (Fsp3) is 0.130. The number of pyridine rings is 1. The van der Waals surface area contributed by atoms with Crippen molar-refractivity contribution in [3.05, 3.63) is 113 Å². The number of aromatic amines is 1. The van der Waals surface area contributed by atoms with Gasteiger partial charge in [-0.05, 0) is 30.7 Å². The van der Waals surface area contributed by atoms with Gasteiger partial charge in [0.25, 0.3) is 11.1 Å². The van der Waals surface area contributed by atoms with Crippen molar-refractivity contribution in [2.75, 3.05) is 0 Å². The van der Waals surface area contributed by atoms with E-state index in [2.05, 4.69) is 10.1 Å². The highest BCUT2D eigenvalue weighted by Gasteiger charge is 2.15. The van der Waals surface area contributed by atoms with Gasteiger partial charge in [0, 0.05) is 6.07 Å². The van der Waals surface area contributed by atoms with Crippen LogP contribution in [0.3, 0.4) is 0 Å². The predicted molar refractivity (Wildman–Crippen MR) is 127 cm³/mol. The minimum Gasteiger partial charge on any atom is -0.453 e. The molecule has 0 aliphatic heterocycles. The number of aliphatic hydroxyl groups excluding tert-OH is 1. The molecular formula is C23H18Cl2N4O5. The molecule has 34 heavy (non-hydrogen) atoms. The van der Waals surface area contributed by atoms with Crippen LogP contribution in [0.15, 0.2) is 69.1 Å². The zero-order valence-corrected chi connectivity index (χ0v) is 19.3. The first-order chi connectivity index (χ1) is 16.2. The van der Waals surface area contributed by atoms with Gasteiger partial charge in [-0.15, -0.1) is 0 Å². The lowest BCUT2D eigenvalue weighted by Crippen LogP contribution is -2.34. The molecule has 0 fully saturated rings. The molecule has 0 aliphatic carbocycles. The van der Waals surface area contributed by atoms with Gasteiger partial charge in [-0.25, -0.2) is 4.79 Å². The molecule has 0 aliphatic rings. The van der Waals surface area contributed by atoms with Crippen molar-refractivity contribution >= 4 is 23.2 Å². The SMILES string of the molecule is Cc1ccc(Cn2cc(Oc3c(Cl)cc(-n4nc(CO)c(=O)[nH]c4=O)cc3Cl)ccc2=O)cc1. The van der Waals surface area contributed by atoms with Crippen molar-refractivity contribution in [3.63, 3.8) is 0 Å². The quantitative estimate of drug-likeness (QED) is 0.419. The molecule has 0 bridgehead atoms. The normalized spacial score (nSPS) is 10.9. The highest BCUT2D eigenvalue weighted by Crippen LogP contribution is 2.37. The van der Waals surface area contributed by atoms with Crippen LogP contribution in [0.2, 0.25) is 10.0 Å². The standard InChI is InChI=1S/C23H18Cl2N4O5/c1-13-2-4-14(5-3-13)10-28-11-16(6-7-20(28)31)34-21-17(24)8-15(9-18(21)25)29-23(33)26-22(32)19(12-30)27-29/h2-9,11,30H,10,12H2,1H3,(H,26,32,33). The fourth-order valence-corrected chi connectivity index (χ4v) is 3.73. The van der Waals surface area contributed by atoms with Crippen LogP contribution >= 0.6 is 23.2 Å². The van der Waals surface area contributed by atoms with E-state index in [4.69, 9.17) is 27.9 Å². The van der Waals surface area contributed by atoms with Crippen LogP contribution in [0.1, 0.15) is 16.8 Å². The number of aryl methyl sites for hydroxylation is 1. The molecule has 0 spiro atoms. The van der Waals surface area contributed by atoms with Gasteiger partial charge in [-0.1, -0.05) is 53.0 Å². The summed E-state index contributed by atoms with van der Waals surface area (Å²) in [7, 11) is 0. The van der Waals surface area contributed by atoms with Crippen molar-refractivity contribution < 1.29 is 9.84 Å². The summed E-state index contributed by atoms with van der Waals surface area (Å²) in [6, 6.07) is 13.4. The van der Waals surface area contributed by atoms with Crippen LogP contribution in [-0.4, -0.2) is 24.4 Å². The Bertz CT molecular complexity index is 1520. The summed E-state index contributed by atoms with van der Waals surface area (Å²) >= 11 is 12.7. The highest BCUT2D eigenvalue weighted by atomic mass is 35.5. The Hall–Kier alpha value is -3.66. The Morgan fingerprint density at radius 2 is 1.71 bits per heavy atom. The molecule has 4 aromatic rings. The number of hydrogen-bond acceptors (Lipinski definition) is 6. The number of hydrogen-bond donors (Lipinski definition) is 2. The number of H-pyrrole nitrogens is 1. The summed E-state index contributed by atoms with van der Waals surface area (Å²) < 4.78 is 8.20. The van der Waals surface area contributed by atoms with Crippen molar-refractivity contribution in [3.8, 4) is 17.2 Å². The first kappa shape index (κ1) is 23.5. The number of nitrogens with one attached hydrogen (secondary N) is 1. The molecule has 4 rings (SSSR count). The van der Waals surface area contributed by atoms with Crippen molar-refractivity contribution in [1.82, 2.24) is 19.3 Å². The van der Waals surface area contributed by atoms with Crippen LogP contribution < -0.4 is 21.5 Å². The number of halogens is 2. The van der Waals surface area contributed by atoms with Crippen molar-refractivity contribution in [1.29, 1.82) is 0 Å². The Balaban J connectivity index is 1.65. The minimum absolute atomic E-state index is 0.0595. The molecule has 0 amide bonds. The summed E-state index contributed by atoms with van der Waals surface area (Å²) in [6.07, 6.45) is 1.55. The molecule has 2 N–H and O–H groups in total. The average Bonchev–Trinajstić information content (AvgIpc) is 2.80. The number of benzene rings is 2. The fourth-order valence-electron chi connectivity index (χ4n) is 3.18. The number of nitrogens with zero attached hydrogens (tertiary/aromatic N) is 3. The van der Waals surface area contributed by atoms with Gasteiger partial charge in [-0.3, -0.25) is 14.6 Å². The second-order valence-corrected chi connectivity index (χ2v) is 8.25. The van der Waals surface area contributed by atoms with E-state index < -0.39 is 17.9 Å². The molecule has 0 saturated heterocycles. The molecule has 174 valence electrons. The first-order valence-electron chi connectivity index (χ1n) is 10.0. The van der Waals surface area contributed by atoms with Crippen LogP contribution in [0, 0.1) is 6.92 Å². The van der Waals surface area contributed by atoms with E-state index in [0.717, 1.165) is 15.8 Å². The smallest absolute Gasteiger partial charge is 0.349 e. The van der Waals surface area contributed by atoms with Gasteiger partial charge >= 0.3 is 5.69 Å². The van der Waals surface area contributed by atoms with E-state index in [1.165, 1.54) is 28.8 Å². The van der Waals surface area contributed by atoms with E-state index in [1.807, 2.05) is 31.2 Å². The maximum Gasteiger partial charge on any atom is 0.349 e. The van der Waals surface area contributed by atoms with Crippen LogP contribution in [0.4, 0.5) is 0 Å². The lowest BCUT2D eigenvalue weighted by Gasteiger charge is -2.14. The number of aromatic nitrogens is 4. The zero-order chi connectivity index (χ0) is 24.4. The Morgan fingerprint density at radius 3 is 2.35 bits per heavy atom. The lowest BCUT2D eigenvalue weighted by molar-refractivity contribution is 0.271. The van der Waals surface area contributed by atoms with Crippen molar-refractivity contribution in [2.24, 2.45) is 0 Å². The summed E-state index contributed by atoms with van der Waals surface area (Å²) in [6.45, 7) is 1.68. The third kappa shape index (κ3) is 4.96. The highest BCUT2D eigenvalue weighted by molar-refractivity contribution is 6.37. The monoisotopic (exact) mass is 500 g/mol. The van der Waals surface area contributed by atoms with E-state index in [1.54, 1.807) is 6.20 Å². The zero-order valence-electron chi connectivity index (χ0n) is 17.8. The summed E-state index contributed by atoms with van der Waals surface area (Å²) in [5.41, 5.74) is 0.154. The Morgan fingerprint density at radius 1 is 1.03 bits per heavy atom. The van der Waals surface area contributed by atoms with Gasteiger partial charge in [0.1, 0.15) is 5.75 Å². The maximum atomic E-state index is 12.3. The van der Waals surface area contributed by atoms with E-state index >= 15 is 0 Å². The molecule has 0 saturated carbocycles. The Labute approximate surface area is 202 Å². The largest absolute Gasteiger partial charge is 0.453 e. The van der Waals surface area contributed by atoms with Gasteiger partial charge in [-0.2, -0.15) is 9.78 Å². The van der Waals surface area contributed by atoms with Gasteiger partial charge < -0.3 is 14.4 Å². The molecule has 2 aromatic carbocycles. The third-order valence-corrected chi connectivity index (χ3v) is 5.48. The molecule has 0 unspecified atom stereocenters. The minimum atomic E-state index is -0.828. The van der Waals surface area contributed by atoms with E-state index in [-0.39, 0.29) is 32.7 Å². The molecule has 11 heteroatoms. The molecule has 0 atom stereocenters. The van der Waals surface area contributed by atoms with Crippen molar-refractivity contribution in [2.45, 2.75) is 20.1 Å². The molecule has 2 heterocycles. The van der Waals surface area contributed by atoms with Crippen LogP contribution in [0.25, 0.3) is 5.69 Å². The summed E-state index contributed by atoms with van der Waals surface area (Å²) in [5.74, 6) is 0.428. The lowest BCUT2D eigenvalue weighted by atomic mass is 10.1. The van der Waals surface area contributed by atoms with Gasteiger partial charge in [0.05, 0.1) is 35.1 Å². The number of rotatable bonds is 6. The number of aliphatic hydroxyl groups is 1. The third-order valence-electron chi connectivity index (χ3n) is 4.92. The molecule has 2 aromatic heterocycles. The number of ether oxygens (including phenoxy) is 1. The summed E-state index contributed by atoms with van der Waals surface area (Å²) in [5, 5.41) is 13.2. The second kappa shape index (κ2) is 9.68. The molecule has 0 radical (unpaired) electrons. The Kier molecular flexibility index (Phi) is 6.69. The summed E-state index contributed by atoms with van der Waals surface area (Å²) in [4.78, 5) is 38.2. The topological polar surface area (TPSA) is 119 Å². The van der Waals surface area contributed by atoms with Gasteiger partial charge in [0.15, 0.2) is 11.4 Å². The van der Waals surface area contributed by atoms with Crippen LogP contribution in [-0.2, 0) is 13.2 Å². The van der Waals surface area contributed by atoms with E-state index in [9.17, 15) is 19.5 Å². The molecule has 9 nitrogen and oxygen atoms in total. The predicted octanol–water partition coefficient (Wildman–Crippen LogP) is 3.03. The second-order valence-electron chi connectivity index (χ2n) is 7.43.